The molecule has 6 nitrogen and oxygen atoms in total. The number of hydrogen-bond donors (Lipinski definition) is 3. The van der Waals surface area contributed by atoms with Crippen LogP contribution in [0.5, 0.6) is 5.75 Å². The van der Waals surface area contributed by atoms with Crippen molar-refractivity contribution in [3.8, 4) is 5.75 Å². The molecule has 2 amide bonds. The second-order valence-electron chi connectivity index (χ2n) is 6.98. The van der Waals surface area contributed by atoms with E-state index in [1.807, 2.05) is 30.3 Å². The number of methoxy groups -OCH3 is 1. The zero-order valence-electron chi connectivity index (χ0n) is 16.1. The Balaban J connectivity index is 1.65. The summed E-state index contributed by atoms with van der Waals surface area (Å²) in [6, 6.07) is 15.4. The number of amides is 2. The maximum atomic E-state index is 12.8. The maximum absolute atomic E-state index is 12.8. The van der Waals surface area contributed by atoms with Gasteiger partial charge in [-0.15, -0.1) is 0 Å². The van der Waals surface area contributed by atoms with E-state index in [-0.39, 0.29) is 11.8 Å². The zero-order chi connectivity index (χ0) is 19.8. The molecule has 148 valence electrons. The average Bonchev–Trinajstić information content (AvgIpc) is 3.26. The molecule has 0 bridgehead atoms. The smallest absolute Gasteiger partial charge is 0.252 e. The Kier molecular flexibility index (Phi) is 7.03. The second kappa shape index (κ2) is 9.90. The van der Waals surface area contributed by atoms with E-state index in [1.54, 1.807) is 31.4 Å². The van der Waals surface area contributed by atoms with Crippen molar-refractivity contribution in [2.75, 3.05) is 26.7 Å². The van der Waals surface area contributed by atoms with Crippen LogP contribution in [0.4, 0.5) is 0 Å². The van der Waals surface area contributed by atoms with Crippen LogP contribution in [0.15, 0.2) is 54.6 Å². The fraction of sp³-hybridized carbons (Fsp3) is 0.364. The molecule has 2 atom stereocenters. The topological polar surface area (TPSA) is 79.5 Å². The van der Waals surface area contributed by atoms with Crippen molar-refractivity contribution >= 4 is 11.8 Å². The van der Waals surface area contributed by atoms with Crippen LogP contribution >= 0.6 is 0 Å². The quantitative estimate of drug-likeness (QED) is 0.655. The van der Waals surface area contributed by atoms with Gasteiger partial charge in [0.05, 0.1) is 7.11 Å². The third kappa shape index (κ3) is 5.33. The number of hydrogen-bond acceptors (Lipinski definition) is 4. The lowest BCUT2D eigenvalue weighted by Crippen LogP contribution is -2.41. The van der Waals surface area contributed by atoms with E-state index < -0.39 is 6.04 Å². The molecule has 1 aliphatic rings. The molecule has 2 aromatic carbocycles. The molecule has 28 heavy (non-hydrogen) atoms. The Morgan fingerprint density at radius 1 is 1.14 bits per heavy atom. The van der Waals surface area contributed by atoms with Crippen molar-refractivity contribution < 1.29 is 14.3 Å². The van der Waals surface area contributed by atoms with Crippen molar-refractivity contribution in [2.45, 2.75) is 18.9 Å². The fourth-order valence-electron chi connectivity index (χ4n) is 3.36. The second-order valence-corrected chi connectivity index (χ2v) is 6.98. The molecule has 0 spiro atoms. The molecule has 3 rings (SSSR count). The Bertz CT molecular complexity index is 771. The highest BCUT2D eigenvalue weighted by atomic mass is 16.5. The molecule has 1 heterocycles. The molecule has 0 radical (unpaired) electrons. The summed E-state index contributed by atoms with van der Waals surface area (Å²) >= 11 is 0. The van der Waals surface area contributed by atoms with Crippen LogP contribution in [0.2, 0.25) is 0 Å². The summed E-state index contributed by atoms with van der Waals surface area (Å²) in [5.41, 5.74) is 1.23. The van der Waals surface area contributed by atoms with Gasteiger partial charge in [-0.25, -0.2) is 0 Å². The number of carbonyl (C=O) groups excluding carboxylic acids is 2. The monoisotopic (exact) mass is 381 g/mol. The predicted octanol–water partition coefficient (Wildman–Crippen LogP) is 2.28. The van der Waals surface area contributed by atoms with Gasteiger partial charge in [0.15, 0.2) is 0 Å². The number of nitrogens with one attached hydrogen (secondary N) is 3. The summed E-state index contributed by atoms with van der Waals surface area (Å²) in [6.07, 6.45) is 2.08. The molecule has 6 heteroatoms. The molecule has 3 N–H and O–H groups in total. The highest BCUT2D eigenvalue weighted by Gasteiger charge is 2.23. The van der Waals surface area contributed by atoms with Crippen LogP contribution in [-0.4, -0.2) is 38.6 Å². The first kappa shape index (κ1) is 19.9. The Morgan fingerprint density at radius 2 is 1.89 bits per heavy atom. The zero-order valence-corrected chi connectivity index (χ0v) is 16.1. The van der Waals surface area contributed by atoms with E-state index in [2.05, 4.69) is 16.0 Å². The minimum Gasteiger partial charge on any atom is -0.497 e. The van der Waals surface area contributed by atoms with Crippen molar-refractivity contribution in [3.63, 3.8) is 0 Å². The molecule has 0 aliphatic carbocycles. The number of carbonyl (C=O) groups is 2. The third-order valence-electron chi connectivity index (χ3n) is 5.04. The fourth-order valence-corrected chi connectivity index (χ4v) is 3.36. The van der Waals surface area contributed by atoms with E-state index in [0.717, 1.165) is 31.5 Å². The molecular formula is C22H27N3O3. The first-order chi connectivity index (χ1) is 13.7. The van der Waals surface area contributed by atoms with E-state index in [4.69, 9.17) is 4.74 Å². The minimum absolute atomic E-state index is 0.195. The summed E-state index contributed by atoms with van der Waals surface area (Å²) in [4.78, 5) is 25.5. The van der Waals surface area contributed by atoms with Crippen molar-refractivity contribution in [1.82, 2.24) is 16.0 Å². The van der Waals surface area contributed by atoms with Gasteiger partial charge in [0, 0.05) is 12.1 Å². The van der Waals surface area contributed by atoms with Crippen LogP contribution in [0.1, 0.15) is 34.8 Å². The average molecular weight is 381 g/mol. The molecule has 0 saturated carbocycles. The van der Waals surface area contributed by atoms with Crippen molar-refractivity contribution in [1.29, 1.82) is 0 Å². The lowest BCUT2D eigenvalue weighted by molar-refractivity contribution is -0.123. The Morgan fingerprint density at radius 3 is 2.54 bits per heavy atom. The molecule has 2 aromatic rings. The Hall–Kier alpha value is -2.86. The predicted molar refractivity (Wildman–Crippen MR) is 108 cm³/mol. The van der Waals surface area contributed by atoms with Crippen LogP contribution in [0, 0.1) is 5.92 Å². The van der Waals surface area contributed by atoms with Crippen LogP contribution < -0.4 is 20.7 Å². The summed E-state index contributed by atoms with van der Waals surface area (Å²) in [6.45, 7) is 2.66. The van der Waals surface area contributed by atoms with E-state index in [9.17, 15) is 9.59 Å². The van der Waals surface area contributed by atoms with E-state index in [0.29, 0.717) is 23.8 Å². The molecule has 1 aliphatic heterocycles. The molecule has 0 aromatic heterocycles. The van der Waals surface area contributed by atoms with E-state index in [1.165, 1.54) is 0 Å². The lowest BCUT2D eigenvalue weighted by atomic mass is 10.0. The van der Waals surface area contributed by atoms with Gasteiger partial charge in [0.1, 0.15) is 11.8 Å². The first-order valence-corrected chi connectivity index (χ1v) is 9.65. The van der Waals surface area contributed by atoms with Gasteiger partial charge in [-0.2, -0.15) is 0 Å². The summed E-state index contributed by atoms with van der Waals surface area (Å²) in [7, 11) is 1.58. The third-order valence-corrected chi connectivity index (χ3v) is 5.04. The van der Waals surface area contributed by atoms with Gasteiger partial charge in [-0.1, -0.05) is 30.3 Å². The maximum Gasteiger partial charge on any atom is 0.252 e. The number of benzene rings is 2. The molecule has 1 saturated heterocycles. The van der Waals surface area contributed by atoms with Gasteiger partial charge >= 0.3 is 0 Å². The summed E-state index contributed by atoms with van der Waals surface area (Å²) in [5.74, 6) is 0.783. The van der Waals surface area contributed by atoms with Crippen LogP contribution in [0.25, 0.3) is 0 Å². The Labute approximate surface area is 165 Å². The summed E-state index contributed by atoms with van der Waals surface area (Å²) in [5, 5.41) is 9.18. The highest BCUT2D eigenvalue weighted by Crippen LogP contribution is 2.16. The minimum atomic E-state index is -0.738. The molecule has 1 fully saturated rings. The van der Waals surface area contributed by atoms with Gasteiger partial charge in [0.2, 0.25) is 5.91 Å². The molecule has 2 unspecified atom stereocenters. The molecular weight excluding hydrogens is 354 g/mol. The standard InChI is InChI=1S/C22H27N3O3/c1-28-19-9-7-18(8-10-19)21(26)25-20(17-5-3-2-4-6-17)22(27)24-14-12-16-11-13-23-15-16/h2-10,16,20,23H,11-15H2,1H3,(H,24,27)(H,25,26). The van der Waals surface area contributed by atoms with Gasteiger partial charge in [-0.05, 0) is 61.7 Å². The van der Waals surface area contributed by atoms with Crippen molar-refractivity contribution in [3.05, 3.63) is 65.7 Å². The van der Waals surface area contributed by atoms with Gasteiger partial charge in [-0.3, -0.25) is 9.59 Å². The highest BCUT2D eigenvalue weighted by molar-refractivity contribution is 5.98. The first-order valence-electron chi connectivity index (χ1n) is 9.65. The van der Waals surface area contributed by atoms with E-state index >= 15 is 0 Å². The summed E-state index contributed by atoms with van der Waals surface area (Å²) < 4.78 is 5.12. The largest absolute Gasteiger partial charge is 0.497 e. The normalized spacial score (nSPS) is 17.0. The number of rotatable bonds is 8. The van der Waals surface area contributed by atoms with Crippen LogP contribution in [0.3, 0.4) is 0 Å². The lowest BCUT2D eigenvalue weighted by Gasteiger charge is -2.19. The van der Waals surface area contributed by atoms with Gasteiger partial charge in [0.25, 0.3) is 5.91 Å². The SMILES string of the molecule is COc1ccc(C(=O)NC(C(=O)NCCC2CCNC2)c2ccccc2)cc1. The number of ether oxygens (including phenoxy) is 1. The van der Waals surface area contributed by atoms with Crippen LogP contribution in [-0.2, 0) is 4.79 Å². The van der Waals surface area contributed by atoms with Crippen molar-refractivity contribution in [2.24, 2.45) is 5.92 Å². The van der Waals surface area contributed by atoms with Gasteiger partial charge < -0.3 is 20.7 Å².